The third-order valence-corrected chi connectivity index (χ3v) is 1.86. The maximum absolute atomic E-state index is 5.47. The Morgan fingerprint density at radius 3 is 2.46 bits per heavy atom. The zero-order valence-corrected chi connectivity index (χ0v) is 8.25. The van der Waals surface area contributed by atoms with E-state index in [4.69, 9.17) is 4.74 Å². The zero-order chi connectivity index (χ0) is 9.52. The summed E-state index contributed by atoms with van der Waals surface area (Å²) in [7, 11) is 0. The molecule has 0 amide bonds. The van der Waals surface area contributed by atoms with Crippen LogP contribution in [0.1, 0.15) is 25.3 Å². The van der Waals surface area contributed by atoms with Crippen LogP contribution >= 0.6 is 0 Å². The van der Waals surface area contributed by atoms with Crippen LogP contribution < -0.4 is 4.74 Å². The fraction of sp³-hybridized carbons (Fsp3) is 0.417. The number of rotatable bonds is 5. The summed E-state index contributed by atoms with van der Waals surface area (Å²) in [5.74, 6) is 0.967. The molecule has 1 heteroatoms. The molecule has 0 aromatic heterocycles. The smallest absolute Gasteiger partial charge is 0.119 e. The van der Waals surface area contributed by atoms with Gasteiger partial charge in [0.15, 0.2) is 0 Å². The molecule has 1 aromatic carbocycles. The van der Waals surface area contributed by atoms with Crippen molar-refractivity contribution in [2.24, 2.45) is 0 Å². The second-order valence-corrected chi connectivity index (χ2v) is 3.10. The molecule has 0 unspecified atom stereocenters. The highest BCUT2D eigenvalue weighted by Crippen LogP contribution is 2.13. The van der Waals surface area contributed by atoms with Gasteiger partial charge in [-0.3, -0.25) is 0 Å². The largest absolute Gasteiger partial charge is 0.494 e. The van der Waals surface area contributed by atoms with Crippen LogP contribution in [0.4, 0.5) is 0 Å². The summed E-state index contributed by atoms with van der Waals surface area (Å²) in [5.41, 5.74) is 1.33. The molecular formula is C12H17O. The van der Waals surface area contributed by atoms with Gasteiger partial charge in [-0.05, 0) is 37.0 Å². The predicted molar refractivity (Wildman–Crippen MR) is 55.9 cm³/mol. The second-order valence-electron chi connectivity index (χ2n) is 3.10. The molecule has 1 nitrogen and oxygen atoms in total. The molecular weight excluding hydrogens is 160 g/mol. The lowest BCUT2D eigenvalue weighted by Crippen LogP contribution is -1.94. The second kappa shape index (κ2) is 5.63. The average Bonchev–Trinajstić information content (AvgIpc) is 2.17. The average molecular weight is 177 g/mol. The van der Waals surface area contributed by atoms with E-state index in [-0.39, 0.29) is 0 Å². The zero-order valence-electron chi connectivity index (χ0n) is 8.25. The third kappa shape index (κ3) is 3.49. The van der Waals surface area contributed by atoms with Crippen LogP contribution in [0.5, 0.6) is 5.75 Å². The fourth-order valence-corrected chi connectivity index (χ4v) is 1.18. The molecule has 0 saturated heterocycles. The van der Waals surface area contributed by atoms with Gasteiger partial charge in [-0.15, -0.1) is 0 Å². The van der Waals surface area contributed by atoms with Crippen molar-refractivity contribution in [2.75, 3.05) is 6.61 Å². The normalized spacial score (nSPS) is 10.0. The van der Waals surface area contributed by atoms with E-state index in [2.05, 4.69) is 26.0 Å². The molecule has 0 N–H and O–H groups in total. The van der Waals surface area contributed by atoms with Gasteiger partial charge in [-0.25, -0.2) is 0 Å². The van der Waals surface area contributed by atoms with E-state index < -0.39 is 0 Å². The summed E-state index contributed by atoms with van der Waals surface area (Å²) in [6.07, 6.45) is 3.06. The quantitative estimate of drug-likeness (QED) is 0.671. The van der Waals surface area contributed by atoms with E-state index in [1.54, 1.807) is 0 Å². The summed E-state index contributed by atoms with van der Waals surface area (Å²) >= 11 is 0. The van der Waals surface area contributed by atoms with Crippen molar-refractivity contribution in [1.29, 1.82) is 0 Å². The van der Waals surface area contributed by atoms with Crippen molar-refractivity contribution in [1.82, 2.24) is 0 Å². The van der Waals surface area contributed by atoms with E-state index in [1.165, 1.54) is 5.56 Å². The van der Waals surface area contributed by atoms with E-state index >= 15 is 0 Å². The maximum Gasteiger partial charge on any atom is 0.119 e. The van der Waals surface area contributed by atoms with Gasteiger partial charge in [-0.2, -0.15) is 0 Å². The number of hydrogen-bond acceptors (Lipinski definition) is 1. The first kappa shape index (κ1) is 10.1. The standard InChI is InChI=1S/C12H17O/c1-3-5-11-6-8-12(9-7-11)13-10-4-2/h6-9H,1,3-5,10H2,2H3. The molecule has 0 aliphatic heterocycles. The van der Waals surface area contributed by atoms with Gasteiger partial charge >= 0.3 is 0 Å². The molecule has 1 rings (SSSR count). The predicted octanol–water partition coefficient (Wildman–Crippen LogP) is 3.24. The van der Waals surface area contributed by atoms with Crippen molar-refractivity contribution < 1.29 is 4.74 Å². The fourth-order valence-electron chi connectivity index (χ4n) is 1.18. The van der Waals surface area contributed by atoms with Crippen molar-refractivity contribution >= 4 is 0 Å². The minimum atomic E-state index is 0.800. The monoisotopic (exact) mass is 177 g/mol. The van der Waals surface area contributed by atoms with Gasteiger partial charge in [0.05, 0.1) is 6.61 Å². The van der Waals surface area contributed by atoms with Gasteiger partial charge in [0, 0.05) is 0 Å². The molecule has 1 aromatic rings. The Morgan fingerprint density at radius 2 is 1.92 bits per heavy atom. The van der Waals surface area contributed by atoms with Crippen LogP contribution in [-0.4, -0.2) is 6.61 Å². The van der Waals surface area contributed by atoms with Crippen LogP contribution in [0, 0.1) is 6.92 Å². The Balaban J connectivity index is 2.48. The van der Waals surface area contributed by atoms with Crippen molar-refractivity contribution in [3.05, 3.63) is 36.8 Å². The SMILES string of the molecule is [CH2]CCc1ccc(OCCC)cc1. The Kier molecular flexibility index (Phi) is 4.37. The van der Waals surface area contributed by atoms with Crippen LogP contribution in [0.15, 0.2) is 24.3 Å². The molecule has 0 aliphatic carbocycles. The number of benzene rings is 1. The van der Waals surface area contributed by atoms with Crippen LogP contribution in [0.25, 0.3) is 0 Å². The first-order valence-electron chi connectivity index (χ1n) is 4.87. The summed E-state index contributed by atoms with van der Waals surface area (Å²) in [6, 6.07) is 8.27. The number of aryl methyl sites for hydroxylation is 1. The van der Waals surface area contributed by atoms with Gasteiger partial charge in [0.1, 0.15) is 5.75 Å². The molecule has 71 valence electrons. The molecule has 0 fully saturated rings. The van der Waals surface area contributed by atoms with E-state index in [0.29, 0.717) is 0 Å². The minimum absolute atomic E-state index is 0.800. The highest BCUT2D eigenvalue weighted by atomic mass is 16.5. The Hall–Kier alpha value is -0.980. The third-order valence-electron chi connectivity index (χ3n) is 1.86. The lowest BCUT2D eigenvalue weighted by molar-refractivity contribution is 0.317. The van der Waals surface area contributed by atoms with Crippen LogP contribution in [0.3, 0.4) is 0 Å². The molecule has 0 saturated carbocycles. The summed E-state index contributed by atoms with van der Waals surface area (Å²) in [5, 5.41) is 0. The minimum Gasteiger partial charge on any atom is -0.494 e. The molecule has 0 bridgehead atoms. The first-order chi connectivity index (χ1) is 6.36. The van der Waals surface area contributed by atoms with Gasteiger partial charge < -0.3 is 4.74 Å². The van der Waals surface area contributed by atoms with Gasteiger partial charge in [0.2, 0.25) is 0 Å². The van der Waals surface area contributed by atoms with Gasteiger partial charge in [-0.1, -0.05) is 26.0 Å². The molecule has 0 spiro atoms. The molecule has 1 radical (unpaired) electrons. The van der Waals surface area contributed by atoms with Crippen LogP contribution in [0.2, 0.25) is 0 Å². The van der Waals surface area contributed by atoms with Crippen molar-refractivity contribution in [2.45, 2.75) is 26.2 Å². The summed E-state index contributed by atoms with van der Waals surface area (Å²) in [6.45, 7) is 6.73. The van der Waals surface area contributed by atoms with E-state index in [9.17, 15) is 0 Å². The highest BCUT2D eigenvalue weighted by Gasteiger charge is 1.93. The van der Waals surface area contributed by atoms with Crippen LogP contribution in [-0.2, 0) is 6.42 Å². The summed E-state index contributed by atoms with van der Waals surface area (Å²) in [4.78, 5) is 0. The number of hydrogen-bond donors (Lipinski definition) is 0. The lowest BCUT2D eigenvalue weighted by Gasteiger charge is -2.04. The van der Waals surface area contributed by atoms with Crippen molar-refractivity contribution in [3.8, 4) is 5.75 Å². The summed E-state index contributed by atoms with van der Waals surface area (Å²) < 4.78 is 5.47. The van der Waals surface area contributed by atoms with Crippen molar-refractivity contribution in [3.63, 3.8) is 0 Å². The topological polar surface area (TPSA) is 9.23 Å². The maximum atomic E-state index is 5.47. The Bertz CT molecular complexity index is 225. The lowest BCUT2D eigenvalue weighted by atomic mass is 10.1. The van der Waals surface area contributed by atoms with Gasteiger partial charge in [0.25, 0.3) is 0 Å². The Morgan fingerprint density at radius 1 is 1.23 bits per heavy atom. The first-order valence-corrected chi connectivity index (χ1v) is 4.87. The molecule has 13 heavy (non-hydrogen) atoms. The molecule has 0 aliphatic rings. The Labute approximate surface area is 80.7 Å². The van der Waals surface area contributed by atoms with E-state index in [1.807, 2.05) is 12.1 Å². The molecule has 0 heterocycles. The van der Waals surface area contributed by atoms with E-state index in [0.717, 1.165) is 31.6 Å². The number of ether oxygens (including phenoxy) is 1. The highest BCUT2D eigenvalue weighted by molar-refractivity contribution is 5.27. The molecule has 0 atom stereocenters.